The Hall–Kier alpha value is -1.42. The average Bonchev–Trinajstić information content (AvgIpc) is 2.30. The summed E-state index contributed by atoms with van der Waals surface area (Å²) in [6.07, 6.45) is 4.12. The first kappa shape index (κ1) is 11.1. The molecular weight excluding hydrogens is 206 g/mol. The van der Waals surface area contributed by atoms with Gasteiger partial charge in [-0.15, -0.1) is 0 Å². The van der Waals surface area contributed by atoms with Crippen LogP contribution < -0.4 is 4.74 Å². The monoisotopic (exact) mass is 221 g/mol. The number of carbonyl (C=O) groups is 1. The van der Waals surface area contributed by atoms with Crippen LogP contribution in [0.3, 0.4) is 0 Å². The van der Waals surface area contributed by atoms with E-state index in [0.717, 1.165) is 6.42 Å². The van der Waals surface area contributed by atoms with Crippen LogP contribution >= 0.6 is 0 Å². The molecule has 0 bridgehead atoms. The molecule has 1 aliphatic carbocycles. The van der Waals surface area contributed by atoms with E-state index in [4.69, 9.17) is 9.47 Å². The molecule has 1 fully saturated rings. The summed E-state index contributed by atoms with van der Waals surface area (Å²) in [5.41, 5.74) is 0. The molecule has 2 atom stereocenters. The quantitative estimate of drug-likeness (QED) is 0.757. The van der Waals surface area contributed by atoms with Gasteiger partial charge >= 0.3 is 0 Å². The van der Waals surface area contributed by atoms with E-state index in [0.29, 0.717) is 18.8 Å². The number of rotatable bonds is 5. The Morgan fingerprint density at radius 3 is 3.06 bits per heavy atom. The Bertz CT molecular complexity index is 353. The second-order valence-electron chi connectivity index (χ2n) is 3.81. The second kappa shape index (κ2) is 5.07. The van der Waals surface area contributed by atoms with Gasteiger partial charge in [-0.25, -0.2) is 0 Å². The lowest BCUT2D eigenvalue weighted by atomic mass is 9.90. The van der Waals surface area contributed by atoms with Crippen molar-refractivity contribution in [2.45, 2.75) is 32.0 Å². The highest BCUT2D eigenvalue weighted by Crippen LogP contribution is 2.25. The number of aromatic nitrogens is 1. The molecule has 4 nitrogen and oxygen atoms in total. The number of ketones is 1. The number of hydrogen-bond donors (Lipinski definition) is 0. The fourth-order valence-corrected chi connectivity index (χ4v) is 1.61. The highest BCUT2D eigenvalue weighted by atomic mass is 16.5. The van der Waals surface area contributed by atoms with Gasteiger partial charge in [0.2, 0.25) is 0 Å². The Kier molecular flexibility index (Phi) is 3.51. The number of hydrogen-bond acceptors (Lipinski definition) is 4. The van der Waals surface area contributed by atoms with Crippen LogP contribution in [0.2, 0.25) is 0 Å². The van der Waals surface area contributed by atoms with Gasteiger partial charge in [-0.05, 0) is 18.6 Å². The molecule has 86 valence electrons. The third-order valence-corrected chi connectivity index (χ3v) is 2.48. The van der Waals surface area contributed by atoms with Crippen LogP contribution in [0, 0.1) is 0 Å². The predicted octanol–water partition coefficient (Wildman–Crippen LogP) is 1.60. The van der Waals surface area contributed by atoms with Crippen molar-refractivity contribution in [1.29, 1.82) is 0 Å². The third-order valence-electron chi connectivity index (χ3n) is 2.48. The van der Waals surface area contributed by atoms with E-state index in [2.05, 4.69) is 4.98 Å². The standard InChI is InChI=1S/C12H15NO3/c1-2-6-15-12-10(14)7-11(12)16-9-4-3-5-13-8-9/h3-5,8,11-12H,2,6-7H2,1H3. The largest absolute Gasteiger partial charge is 0.485 e. The normalized spacial score (nSPS) is 23.9. The zero-order valence-corrected chi connectivity index (χ0v) is 9.26. The van der Waals surface area contributed by atoms with E-state index in [1.807, 2.05) is 13.0 Å². The van der Waals surface area contributed by atoms with Crippen molar-refractivity contribution in [1.82, 2.24) is 4.98 Å². The van der Waals surface area contributed by atoms with Gasteiger partial charge in [-0.3, -0.25) is 9.78 Å². The molecule has 1 aromatic heterocycles. The van der Waals surface area contributed by atoms with Crippen LogP contribution in [0.4, 0.5) is 0 Å². The maximum absolute atomic E-state index is 11.3. The summed E-state index contributed by atoms with van der Waals surface area (Å²) < 4.78 is 11.1. The molecule has 0 amide bonds. The highest BCUT2D eigenvalue weighted by Gasteiger charge is 2.42. The van der Waals surface area contributed by atoms with Crippen LogP contribution in [0.25, 0.3) is 0 Å². The van der Waals surface area contributed by atoms with E-state index in [1.54, 1.807) is 18.5 Å². The maximum Gasteiger partial charge on any atom is 0.169 e. The minimum absolute atomic E-state index is 0.127. The number of Topliss-reactive ketones (excluding diaryl/α,β-unsaturated/α-hetero) is 1. The van der Waals surface area contributed by atoms with Gasteiger partial charge in [0.1, 0.15) is 11.9 Å². The van der Waals surface area contributed by atoms with Crippen LogP contribution in [0.15, 0.2) is 24.5 Å². The number of carbonyl (C=O) groups excluding carboxylic acids is 1. The zero-order valence-electron chi connectivity index (χ0n) is 9.26. The van der Waals surface area contributed by atoms with Crippen molar-refractivity contribution in [3.8, 4) is 5.75 Å². The van der Waals surface area contributed by atoms with Gasteiger partial charge in [0, 0.05) is 19.2 Å². The van der Waals surface area contributed by atoms with Crippen LogP contribution in [0.5, 0.6) is 5.75 Å². The molecule has 4 heteroatoms. The predicted molar refractivity (Wildman–Crippen MR) is 58.3 cm³/mol. The Labute approximate surface area is 94.6 Å². The molecule has 1 heterocycles. The van der Waals surface area contributed by atoms with Crippen molar-refractivity contribution in [3.05, 3.63) is 24.5 Å². The van der Waals surface area contributed by atoms with Crippen molar-refractivity contribution < 1.29 is 14.3 Å². The smallest absolute Gasteiger partial charge is 0.169 e. The fraction of sp³-hybridized carbons (Fsp3) is 0.500. The summed E-state index contributed by atoms with van der Waals surface area (Å²) >= 11 is 0. The van der Waals surface area contributed by atoms with Gasteiger partial charge in [-0.2, -0.15) is 0 Å². The summed E-state index contributed by atoms with van der Waals surface area (Å²) in [6.45, 7) is 2.61. The van der Waals surface area contributed by atoms with Gasteiger partial charge in [0.25, 0.3) is 0 Å². The minimum Gasteiger partial charge on any atom is -0.485 e. The summed E-state index contributed by atoms with van der Waals surface area (Å²) in [7, 11) is 0. The molecule has 0 aromatic carbocycles. The fourth-order valence-electron chi connectivity index (χ4n) is 1.61. The van der Waals surface area contributed by atoms with E-state index in [1.165, 1.54) is 0 Å². The molecule has 2 rings (SSSR count). The average molecular weight is 221 g/mol. The Morgan fingerprint density at radius 1 is 1.56 bits per heavy atom. The minimum atomic E-state index is -0.389. The van der Waals surface area contributed by atoms with E-state index in [-0.39, 0.29) is 18.0 Å². The lowest BCUT2D eigenvalue weighted by Crippen LogP contribution is -2.52. The molecule has 0 saturated heterocycles. The van der Waals surface area contributed by atoms with Gasteiger partial charge < -0.3 is 9.47 Å². The molecule has 0 N–H and O–H groups in total. The first-order valence-corrected chi connectivity index (χ1v) is 5.52. The number of ether oxygens (including phenoxy) is 2. The molecule has 16 heavy (non-hydrogen) atoms. The summed E-state index contributed by atoms with van der Waals surface area (Å²) in [4.78, 5) is 15.3. The van der Waals surface area contributed by atoms with Crippen molar-refractivity contribution in [3.63, 3.8) is 0 Å². The van der Waals surface area contributed by atoms with Gasteiger partial charge in [-0.1, -0.05) is 6.92 Å². The SMILES string of the molecule is CCCOC1C(=O)CC1Oc1cccnc1. The Morgan fingerprint density at radius 2 is 2.44 bits per heavy atom. The van der Waals surface area contributed by atoms with Crippen LogP contribution in [-0.4, -0.2) is 29.6 Å². The molecule has 0 radical (unpaired) electrons. The summed E-state index contributed by atoms with van der Waals surface area (Å²) in [6, 6.07) is 3.63. The topological polar surface area (TPSA) is 48.4 Å². The van der Waals surface area contributed by atoms with Crippen molar-refractivity contribution in [2.24, 2.45) is 0 Å². The summed E-state index contributed by atoms with van der Waals surface area (Å²) in [5, 5.41) is 0. The van der Waals surface area contributed by atoms with Gasteiger partial charge in [0.15, 0.2) is 11.9 Å². The molecule has 1 aromatic rings. The molecule has 1 aliphatic rings. The highest BCUT2D eigenvalue weighted by molar-refractivity contribution is 5.90. The van der Waals surface area contributed by atoms with Crippen molar-refractivity contribution in [2.75, 3.05) is 6.61 Å². The van der Waals surface area contributed by atoms with E-state index >= 15 is 0 Å². The number of pyridine rings is 1. The lowest BCUT2D eigenvalue weighted by Gasteiger charge is -2.34. The Balaban J connectivity index is 1.89. The third kappa shape index (κ3) is 2.39. The van der Waals surface area contributed by atoms with E-state index in [9.17, 15) is 4.79 Å². The molecule has 2 unspecified atom stereocenters. The van der Waals surface area contributed by atoms with Crippen molar-refractivity contribution >= 4 is 5.78 Å². The lowest BCUT2D eigenvalue weighted by molar-refractivity contribution is -0.154. The van der Waals surface area contributed by atoms with Crippen LogP contribution in [-0.2, 0) is 9.53 Å². The molecular formula is C12H15NO3. The van der Waals surface area contributed by atoms with E-state index < -0.39 is 0 Å². The first-order chi connectivity index (χ1) is 7.81. The van der Waals surface area contributed by atoms with Crippen LogP contribution in [0.1, 0.15) is 19.8 Å². The summed E-state index contributed by atoms with van der Waals surface area (Å²) in [5.74, 6) is 0.812. The maximum atomic E-state index is 11.3. The molecule has 1 saturated carbocycles. The second-order valence-corrected chi connectivity index (χ2v) is 3.81. The molecule has 0 aliphatic heterocycles. The molecule has 0 spiro atoms. The van der Waals surface area contributed by atoms with Gasteiger partial charge in [0.05, 0.1) is 6.20 Å². The number of nitrogens with zero attached hydrogens (tertiary/aromatic N) is 1. The first-order valence-electron chi connectivity index (χ1n) is 5.52. The zero-order chi connectivity index (χ0) is 11.4.